The number of para-hydroxylation sites is 1. The summed E-state index contributed by atoms with van der Waals surface area (Å²) in [6, 6.07) is 17.5. The number of aliphatic hydroxyl groups excluding tert-OH is 1. The quantitative estimate of drug-likeness (QED) is 0.659. The Bertz CT molecular complexity index is 788. The molecule has 2 aromatic carbocycles. The number of hydrogen-bond donors (Lipinski definition) is 3. The molecule has 0 fully saturated rings. The van der Waals surface area contributed by atoms with E-state index in [1.165, 1.54) is 0 Å². The predicted molar refractivity (Wildman–Crippen MR) is 93.3 cm³/mol. The number of aromatic amines is 1. The van der Waals surface area contributed by atoms with Crippen LogP contribution in [0, 0.1) is 0 Å². The molecule has 23 heavy (non-hydrogen) atoms. The smallest absolute Gasteiger partial charge is 0.106 e. The van der Waals surface area contributed by atoms with E-state index in [2.05, 4.69) is 4.98 Å². The molecule has 0 amide bonds. The van der Waals surface area contributed by atoms with E-state index < -0.39 is 11.7 Å². The summed E-state index contributed by atoms with van der Waals surface area (Å²) >= 11 is 0. The third-order valence-corrected chi connectivity index (χ3v) is 4.77. The molecule has 0 saturated heterocycles. The lowest BCUT2D eigenvalue weighted by Crippen LogP contribution is -2.26. The summed E-state index contributed by atoms with van der Waals surface area (Å²) in [7, 11) is 0. The first-order chi connectivity index (χ1) is 11.1. The first-order valence-corrected chi connectivity index (χ1v) is 8.17. The number of fused-ring (bicyclic) bond motifs is 1. The van der Waals surface area contributed by atoms with Gasteiger partial charge in [-0.25, -0.2) is 0 Å². The molecule has 0 aliphatic heterocycles. The predicted octanol–water partition coefficient (Wildman–Crippen LogP) is 4.26. The molecule has 1 aromatic heterocycles. The van der Waals surface area contributed by atoms with Gasteiger partial charge in [-0.2, -0.15) is 0 Å². The Morgan fingerprint density at radius 3 is 2.22 bits per heavy atom. The van der Waals surface area contributed by atoms with Crippen molar-refractivity contribution in [3.05, 3.63) is 71.4 Å². The summed E-state index contributed by atoms with van der Waals surface area (Å²) in [5, 5.41) is 23.0. The average Bonchev–Trinajstić information content (AvgIpc) is 3.01. The van der Waals surface area contributed by atoms with Crippen LogP contribution in [0.1, 0.15) is 49.6 Å². The highest BCUT2D eigenvalue weighted by molar-refractivity contribution is 5.86. The number of H-pyrrole nitrogens is 1. The molecule has 3 aromatic rings. The Labute approximate surface area is 136 Å². The fraction of sp³-hybridized carbons (Fsp3) is 0.300. The van der Waals surface area contributed by atoms with E-state index in [4.69, 9.17) is 0 Å². The van der Waals surface area contributed by atoms with Crippen molar-refractivity contribution in [1.29, 1.82) is 0 Å². The minimum Gasteiger partial charge on any atom is -0.384 e. The van der Waals surface area contributed by atoms with Gasteiger partial charge in [0.25, 0.3) is 0 Å². The average molecular weight is 309 g/mol. The Morgan fingerprint density at radius 2 is 1.57 bits per heavy atom. The summed E-state index contributed by atoms with van der Waals surface area (Å²) < 4.78 is 0. The number of aliphatic hydroxyl groups is 2. The molecule has 120 valence electrons. The highest BCUT2D eigenvalue weighted by Crippen LogP contribution is 2.39. The van der Waals surface area contributed by atoms with Gasteiger partial charge in [0, 0.05) is 16.5 Å². The highest BCUT2D eigenvalue weighted by Gasteiger charge is 2.33. The van der Waals surface area contributed by atoms with E-state index in [1.807, 2.05) is 68.4 Å². The van der Waals surface area contributed by atoms with Crippen molar-refractivity contribution in [2.24, 2.45) is 0 Å². The molecule has 3 heteroatoms. The van der Waals surface area contributed by atoms with Crippen molar-refractivity contribution in [3.63, 3.8) is 0 Å². The monoisotopic (exact) mass is 309 g/mol. The first-order valence-electron chi connectivity index (χ1n) is 8.17. The van der Waals surface area contributed by atoms with E-state index in [9.17, 15) is 10.2 Å². The lowest BCUT2D eigenvalue weighted by Gasteiger charge is -2.27. The molecule has 1 unspecified atom stereocenters. The maximum Gasteiger partial charge on any atom is 0.106 e. The van der Waals surface area contributed by atoms with Gasteiger partial charge in [0.15, 0.2) is 0 Å². The second kappa shape index (κ2) is 6.19. The van der Waals surface area contributed by atoms with Gasteiger partial charge in [-0.1, -0.05) is 62.4 Å². The lowest BCUT2D eigenvalue weighted by molar-refractivity contribution is 0.0219. The number of hydrogen-bond acceptors (Lipinski definition) is 2. The molecule has 3 N–H and O–H groups in total. The van der Waals surface area contributed by atoms with Crippen LogP contribution in [-0.2, 0) is 5.60 Å². The number of benzene rings is 2. The van der Waals surface area contributed by atoms with E-state index in [0.29, 0.717) is 12.8 Å². The molecule has 0 bridgehead atoms. The van der Waals surface area contributed by atoms with Crippen LogP contribution in [0.25, 0.3) is 10.9 Å². The van der Waals surface area contributed by atoms with Crippen LogP contribution in [0.15, 0.2) is 54.6 Å². The Kier molecular flexibility index (Phi) is 4.24. The number of nitrogens with one attached hydrogen (secondary N) is 1. The zero-order valence-electron chi connectivity index (χ0n) is 13.6. The van der Waals surface area contributed by atoms with Crippen molar-refractivity contribution < 1.29 is 10.2 Å². The van der Waals surface area contributed by atoms with E-state index >= 15 is 0 Å². The standard InChI is InChI=1S/C20H23NO2/c1-3-20(23,4-2)19-17(15-12-8-9-13-16(15)21-19)18(22)14-10-6-5-7-11-14/h5-13,18,21-23H,3-4H2,1-2H3. The van der Waals surface area contributed by atoms with Gasteiger partial charge in [0.2, 0.25) is 0 Å². The number of rotatable bonds is 5. The minimum atomic E-state index is -0.968. The third-order valence-electron chi connectivity index (χ3n) is 4.77. The zero-order chi connectivity index (χ0) is 16.4. The summed E-state index contributed by atoms with van der Waals surface area (Å²) in [4.78, 5) is 3.35. The summed E-state index contributed by atoms with van der Waals surface area (Å²) in [5.74, 6) is 0. The SMILES string of the molecule is CCC(O)(CC)c1[nH]c2ccccc2c1C(O)c1ccccc1. The maximum absolute atomic E-state index is 11.0. The third kappa shape index (κ3) is 2.67. The van der Waals surface area contributed by atoms with E-state index in [1.54, 1.807) is 0 Å². The molecule has 0 aliphatic rings. The van der Waals surface area contributed by atoms with E-state index in [0.717, 1.165) is 27.7 Å². The summed E-state index contributed by atoms with van der Waals surface area (Å²) in [6.45, 7) is 3.93. The van der Waals surface area contributed by atoms with Crippen molar-refractivity contribution in [1.82, 2.24) is 4.98 Å². The van der Waals surface area contributed by atoms with Crippen molar-refractivity contribution >= 4 is 10.9 Å². The van der Waals surface area contributed by atoms with Gasteiger partial charge >= 0.3 is 0 Å². The Hall–Kier alpha value is -2.10. The van der Waals surface area contributed by atoms with E-state index in [-0.39, 0.29) is 0 Å². The molecule has 3 rings (SSSR count). The minimum absolute atomic E-state index is 0.588. The normalized spacial score (nSPS) is 13.4. The molecular formula is C20H23NO2. The molecule has 0 radical (unpaired) electrons. The lowest BCUT2D eigenvalue weighted by atomic mass is 9.87. The van der Waals surface area contributed by atoms with Crippen LogP contribution < -0.4 is 0 Å². The van der Waals surface area contributed by atoms with Crippen LogP contribution in [0.5, 0.6) is 0 Å². The second-order valence-electron chi connectivity index (χ2n) is 6.01. The molecule has 1 heterocycles. The summed E-state index contributed by atoms with van der Waals surface area (Å²) in [5.41, 5.74) is 2.29. The molecule has 0 spiro atoms. The first kappa shape index (κ1) is 15.8. The molecule has 1 atom stereocenters. The molecule has 3 nitrogen and oxygen atoms in total. The van der Waals surface area contributed by atoms with Gasteiger partial charge in [0.05, 0.1) is 5.69 Å². The fourth-order valence-corrected chi connectivity index (χ4v) is 3.22. The maximum atomic E-state index is 11.0. The largest absolute Gasteiger partial charge is 0.384 e. The van der Waals surface area contributed by atoms with Gasteiger partial charge in [0.1, 0.15) is 11.7 Å². The molecule has 0 aliphatic carbocycles. The zero-order valence-corrected chi connectivity index (χ0v) is 13.6. The fourth-order valence-electron chi connectivity index (χ4n) is 3.22. The Balaban J connectivity index is 2.25. The second-order valence-corrected chi connectivity index (χ2v) is 6.01. The Morgan fingerprint density at radius 1 is 0.957 bits per heavy atom. The number of aromatic nitrogens is 1. The summed E-state index contributed by atoms with van der Waals surface area (Å²) in [6.07, 6.45) is 0.405. The van der Waals surface area contributed by atoms with Crippen LogP contribution in [0.4, 0.5) is 0 Å². The van der Waals surface area contributed by atoms with Gasteiger partial charge < -0.3 is 15.2 Å². The van der Waals surface area contributed by atoms with Crippen LogP contribution in [-0.4, -0.2) is 15.2 Å². The van der Waals surface area contributed by atoms with Gasteiger partial charge in [-0.05, 0) is 24.5 Å². The van der Waals surface area contributed by atoms with Crippen LogP contribution in [0.3, 0.4) is 0 Å². The van der Waals surface area contributed by atoms with Crippen LogP contribution >= 0.6 is 0 Å². The van der Waals surface area contributed by atoms with Gasteiger partial charge in [-0.15, -0.1) is 0 Å². The van der Waals surface area contributed by atoms with Crippen LogP contribution in [0.2, 0.25) is 0 Å². The van der Waals surface area contributed by atoms with Crippen molar-refractivity contribution in [3.8, 4) is 0 Å². The van der Waals surface area contributed by atoms with Crippen molar-refractivity contribution in [2.45, 2.75) is 38.4 Å². The van der Waals surface area contributed by atoms with Crippen molar-refractivity contribution in [2.75, 3.05) is 0 Å². The molecular weight excluding hydrogens is 286 g/mol. The van der Waals surface area contributed by atoms with Gasteiger partial charge in [-0.3, -0.25) is 0 Å². The molecule has 0 saturated carbocycles. The topological polar surface area (TPSA) is 56.2 Å². The highest BCUT2D eigenvalue weighted by atomic mass is 16.3.